The van der Waals surface area contributed by atoms with Gasteiger partial charge in [0.1, 0.15) is 5.76 Å². The number of rotatable bonds is 9. The molecule has 0 unspecified atom stereocenters. The van der Waals surface area contributed by atoms with Crippen LogP contribution in [0.3, 0.4) is 0 Å². The average molecular weight is 796 g/mol. The predicted molar refractivity (Wildman–Crippen MR) is 189 cm³/mol. The molecule has 2 aromatic heterocycles. The summed E-state index contributed by atoms with van der Waals surface area (Å²) in [5.74, 6) is 0.736. The molecule has 5 rings (SSSR count). The summed E-state index contributed by atoms with van der Waals surface area (Å²) in [7, 11) is 0. The minimum absolute atomic E-state index is 0. The first-order valence-corrected chi connectivity index (χ1v) is 16.8. The van der Waals surface area contributed by atoms with E-state index in [1.54, 1.807) is 0 Å². The van der Waals surface area contributed by atoms with Crippen molar-refractivity contribution in [1.82, 2.24) is 9.97 Å². The number of pyridine rings is 2. The van der Waals surface area contributed by atoms with E-state index in [4.69, 9.17) is 9.97 Å². The zero-order chi connectivity index (χ0) is 32.9. The van der Waals surface area contributed by atoms with Crippen molar-refractivity contribution in [3.05, 3.63) is 95.1 Å². The SMILES string of the molecule is CCC(C)(CC)C(=O)/C=C(\O)C(C)(CC)CC.Cc1ccc2c(n1)CCc1c-2ccnc1-c1[c-]c2ccccc2c(C(C)C)c1.[Ir]. The zero-order valence-corrected chi connectivity index (χ0v) is 31.6. The number of carbonyl (C=O) groups is 1. The van der Waals surface area contributed by atoms with Crippen LogP contribution in [0.4, 0.5) is 0 Å². The fraction of sp³-hybridized carbons (Fsp3) is 0.439. The van der Waals surface area contributed by atoms with Crippen molar-refractivity contribution >= 4 is 16.6 Å². The number of aliphatic hydroxyl groups excluding tert-OH is 1. The molecule has 46 heavy (non-hydrogen) atoms. The fourth-order valence-corrected chi connectivity index (χ4v) is 6.07. The summed E-state index contributed by atoms with van der Waals surface area (Å²) in [4.78, 5) is 21.8. The molecule has 1 aliphatic rings. The minimum Gasteiger partial charge on any atom is -0.512 e. The van der Waals surface area contributed by atoms with Crippen LogP contribution in [0.15, 0.2) is 66.6 Å². The van der Waals surface area contributed by atoms with Gasteiger partial charge in [0.15, 0.2) is 5.78 Å². The molecule has 0 bridgehead atoms. The molecule has 2 heterocycles. The first-order chi connectivity index (χ1) is 21.4. The fourth-order valence-electron chi connectivity index (χ4n) is 6.07. The van der Waals surface area contributed by atoms with Crippen molar-refractivity contribution in [2.75, 3.05) is 0 Å². The van der Waals surface area contributed by atoms with E-state index in [2.05, 4.69) is 75.4 Å². The van der Waals surface area contributed by atoms with E-state index in [1.165, 1.54) is 39.4 Å². The van der Waals surface area contributed by atoms with Crippen LogP contribution < -0.4 is 0 Å². The van der Waals surface area contributed by atoms with E-state index in [0.717, 1.165) is 60.9 Å². The van der Waals surface area contributed by atoms with Gasteiger partial charge >= 0.3 is 0 Å². The van der Waals surface area contributed by atoms with Crippen LogP contribution in [-0.4, -0.2) is 20.9 Å². The Morgan fingerprint density at radius 1 is 0.935 bits per heavy atom. The molecular formula is C41H51IrN2O2-. The van der Waals surface area contributed by atoms with E-state index in [1.807, 2.05) is 47.7 Å². The van der Waals surface area contributed by atoms with E-state index < -0.39 is 0 Å². The van der Waals surface area contributed by atoms with Crippen molar-refractivity contribution in [3.8, 4) is 22.4 Å². The van der Waals surface area contributed by atoms with Gasteiger partial charge in [0.25, 0.3) is 0 Å². The molecule has 0 fully saturated rings. The van der Waals surface area contributed by atoms with E-state index in [9.17, 15) is 9.90 Å². The maximum Gasteiger partial charge on any atom is 0.164 e. The summed E-state index contributed by atoms with van der Waals surface area (Å²) >= 11 is 0. The third-order valence-electron chi connectivity index (χ3n) is 10.4. The van der Waals surface area contributed by atoms with Crippen LogP contribution in [-0.2, 0) is 37.7 Å². The molecular weight excluding hydrogens is 745 g/mol. The summed E-state index contributed by atoms with van der Waals surface area (Å²) in [5, 5.41) is 12.6. The van der Waals surface area contributed by atoms with Gasteiger partial charge < -0.3 is 5.11 Å². The zero-order valence-electron chi connectivity index (χ0n) is 29.2. The summed E-state index contributed by atoms with van der Waals surface area (Å²) in [6.45, 7) is 18.7. The third-order valence-corrected chi connectivity index (χ3v) is 10.4. The maximum absolute atomic E-state index is 12.2. The van der Waals surface area contributed by atoms with Crippen LogP contribution in [0.2, 0.25) is 0 Å². The third kappa shape index (κ3) is 7.69. The Hall–Kier alpha value is -3.14. The summed E-state index contributed by atoms with van der Waals surface area (Å²) in [6.07, 6.45) is 8.62. The molecule has 5 heteroatoms. The summed E-state index contributed by atoms with van der Waals surface area (Å²) in [5.41, 5.74) is 9.05. The van der Waals surface area contributed by atoms with Crippen molar-refractivity contribution in [3.63, 3.8) is 0 Å². The molecule has 4 nitrogen and oxygen atoms in total. The minimum atomic E-state index is -0.337. The molecule has 0 spiro atoms. The van der Waals surface area contributed by atoms with Gasteiger partial charge in [0, 0.05) is 65.9 Å². The molecule has 4 aromatic rings. The molecule has 2 aromatic carbocycles. The number of aryl methyl sites for hydroxylation is 2. The van der Waals surface area contributed by atoms with Crippen molar-refractivity contribution < 1.29 is 30.0 Å². The van der Waals surface area contributed by atoms with Gasteiger partial charge in [-0.3, -0.25) is 14.8 Å². The van der Waals surface area contributed by atoms with Crippen molar-refractivity contribution in [2.45, 2.75) is 107 Å². The first kappa shape index (κ1) is 37.3. The van der Waals surface area contributed by atoms with Crippen LogP contribution >= 0.6 is 0 Å². The average Bonchev–Trinajstić information content (AvgIpc) is 3.06. The number of aliphatic hydroxyl groups is 1. The Balaban J connectivity index is 0.000000280. The number of nitrogens with zero attached hydrogens (tertiary/aromatic N) is 2. The number of fused-ring (bicyclic) bond motifs is 4. The van der Waals surface area contributed by atoms with Gasteiger partial charge in [-0.1, -0.05) is 90.6 Å². The van der Waals surface area contributed by atoms with E-state index in [-0.39, 0.29) is 42.5 Å². The van der Waals surface area contributed by atoms with Crippen molar-refractivity contribution in [1.29, 1.82) is 0 Å². The molecule has 0 saturated carbocycles. The van der Waals surface area contributed by atoms with Gasteiger partial charge in [-0.15, -0.1) is 29.1 Å². The van der Waals surface area contributed by atoms with Crippen LogP contribution in [0.25, 0.3) is 33.2 Å². The molecule has 1 N–H and O–H groups in total. The molecule has 1 radical (unpaired) electrons. The molecule has 1 aliphatic carbocycles. The van der Waals surface area contributed by atoms with Crippen molar-refractivity contribution in [2.24, 2.45) is 10.8 Å². The maximum atomic E-state index is 12.2. The molecule has 0 atom stereocenters. The number of allylic oxidation sites excluding steroid dienone is 2. The Morgan fingerprint density at radius 3 is 2.22 bits per heavy atom. The van der Waals surface area contributed by atoms with Gasteiger partial charge in [-0.05, 0) is 74.6 Å². The Kier molecular flexibility index (Phi) is 12.7. The van der Waals surface area contributed by atoms with Gasteiger partial charge in [0.05, 0.1) is 0 Å². The largest absolute Gasteiger partial charge is 0.512 e. The van der Waals surface area contributed by atoms with E-state index >= 15 is 0 Å². The second kappa shape index (κ2) is 15.6. The number of hydrogen-bond acceptors (Lipinski definition) is 4. The smallest absolute Gasteiger partial charge is 0.164 e. The molecule has 0 amide bonds. The Labute approximate surface area is 290 Å². The monoisotopic (exact) mass is 796 g/mol. The summed E-state index contributed by atoms with van der Waals surface area (Å²) < 4.78 is 0. The molecule has 0 aliphatic heterocycles. The standard InChI is InChI=1S/C26H23N2.C15H28O2.Ir/c1-16(2)24-15-19(14-18-6-4-5-7-20(18)24)26-23-10-11-25-22(9-8-17(3)28-25)21(23)12-13-27-26;1-7-14(5,8-2)12(16)11-13(17)15(6,9-3)10-4;/h4-9,12-13,15-16H,10-11H2,1-3H3;11,16H,7-10H2,1-6H3;/q-1;;/b;12-11-;. The van der Waals surface area contributed by atoms with Crippen LogP contribution in [0.1, 0.15) is 110 Å². The Bertz CT molecular complexity index is 1700. The second-order valence-electron chi connectivity index (χ2n) is 13.4. The number of hydrogen-bond donors (Lipinski definition) is 1. The summed E-state index contributed by atoms with van der Waals surface area (Å²) in [6, 6.07) is 20.9. The predicted octanol–water partition coefficient (Wildman–Crippen LogP) is 10.9. The normalized spacial score (nSPS) is 13.0. The molecule has 0 saturated heterocycles. The second-order valence-corrected chi connectivity index (χ2v) is 13.4. The molecule has 247 valence electrons. The topological polar surface area (TPSA) is 63.1 Å². The number of aromatic nitrogens is 2. The number of ketones is 1. The quantitative estimate of drug-likeness (QED) is 0.104. The van der Waals surface area contributed by atoms with E-state index in [0.29, 0.717) is 5.92 Å². The first-order valence-electron chi connectivity index (χ1n) is 16.8. The van der Waals surface area contributed by atoms with Gasteiger partial charge in [-0.25, -0.2) is 0 Å². The van der Waals surface area contributed by atoms with Crippen LogP contribution in [0, 0.1) is 23.8 Å². The Morgan fingerprint density at radius 2 is 1.59 bits per heavy atom. The van der Waals surface area contributed by atoms with Crippen LogP contribution in [0.5, 0.6) is 0 Å². The number of benzene rings is 2. The van der Waals surface area contributed by atoms with Gasteiger partial charge in [0.2, 0.25) is 0 Å². The number of carbonyl (C=O) groups excluding carboxylic acids is 1. The van der Waals surface area contributed by atoms with Gasteiger partial charge in [-0.2, -0.15) is 0 Å².